The summed E-state index contributed by atoms with van der Waals surface area (Å²) in [4.78, 5) is 38.2. The summed E-state index contributed by atoms with van der Waals surface area (Å²) in [6.45, 7) is 1.92. The molecule has 1 atom stereocenters. The molecule has 2 aliphatic rings. The van der Waals surface area contributed by atoms with Crippen LogP contribution in [-0.4, -0.2) is 61.4 Å². The molecule has 2 aromatic rings. The lowest BCUT2D eigenvalue weighted by atomic mass is 10.0. The average Bonchev–Trinajstić information content (AvgIpc) is 3.71. The van der Waals surface area contributed by atoms with Gasteiger partial charge in [0.1, 0.15) is 17.1 Å². The number of hydrogen-bond acceptors (Lipinski definition) is 6. The Labute approximate surface area is 218 Å². The predicted molar refractivity (Wildman–Crippen MR) is 138 cm³/mol. The molecule has 0 radical (unpaired) electrons. The molecule has 9 nitrogen and oxygen atoms in total. The Morgan fingerprint density at radius 2 is 2.03 bits per heavy atom. The number of likely N-dealkylation sites (N-methyl/N-ethyl adjacent to an activating group) is 1. The number of aromatic nitrogens is 1. The smallest absolute Gasteiger partial charge is 0.341 e. The first-order valence-electron chi connectivity index (χ1n) is 11.9. The minimum absolute atomic E-state index is 0. The Morgan fingerprint density at radius 3 is 2.62 bits per heavy atom. The normalized spacial score (nSPS) is 17.7. The van der Waals surface area contributed by atoms with Gasteiger partial charge in [-0.25, -0.2) is 13.6 Å². The van der Waals surface area contributed by atoms with Crippen LogP contribution in [0.2, 0.25) is 0 Å². The summed E-state index contributed by atoms with van der Waals surface area (Å²) in [7, 11) is 3.00. The molecule has 202 valence electrons. The second kappa shape index (κ2) is 11.5. The fraction of sp³-hybridized carbons (Fsp3) is 0.480. The molecule has 1 aromatic heterocycles. The standard InChI is InChI=1S/C25H30F2N4O5.ClH/c1-13(28-2)24(33)29-10-19(27)14-5-4-8-30(11-14)21-18(26)9-16-20(23(21)36-3)31(15-6-7-15)12-17(22(16)32)25(34)35;/h9,12-13,15,28H,4-8,10-11H2,1-3H3,(H,29,33)(H,34,35);1H/t13-;/m0./s1. The summed E-state index contributed by atoms with van der Waals surface area (Å²) < 4.78 is 37.8. The molecule has 1 saturated heterocycles. The topological polar surface area (TPSA) is 113 Å². The SMILES string of the molecule is CN[C@@H](C)C(=O)NCC(F)=C1CCCN(c2c(F)cc3c(=O)c(C(=O)O)cn(C4CC4)c3c2OC)C1.Cl. The largest absolute Gasteiger partial charge is 0.492 e. The minimum atomic E-state index is -1.38. The van der Waals surface area contributed by atoms with Gasteiger partial charge in [-0.05, 0) is 51.3 Å². The highest BCUT2D eigenvalue weighted by Gasteiger charge is 2.32. The summed E-state index contributed by atoms with van der Waals surface area (Å²) in [6, 6.07) is 0.567. The lowest BCUT2D eigenvalue weighted by Crippen LogP contribution is -2.41. The highest BCUT2D eigenvalue weighted by molar-refractivity contribution is 5.97. The van der Waals surface area contributed by atoms with Gasteiger partial charge in [0.2, 0.25) is 11.3 Å². The van der Waals surface area contributed by atoms with Crippen LogP contribution in [0.1, 0.15) is 49.0 Å². The third-order valence-corrected chi connectivity index (χ3v) is 6.81. The fourth-order valence-electron chi connectivity index (χ4n) is 4.58. The summed E-state index contributed by atoms with van der Waals surface area (Å²) >= 11 is 0. The minimum Gasteiger partial charge on any atom is -0.492 e. The number of ether oxygens (including phenoxy) is 1. The maximum Gasteiger partial charge on any atom is 0.341 e. The summed E-state index contributed by atoms with van der Waals surface area (Å²) in [6.07, 6.45) is 3.91. The third kappa shape index (κ3) is 5.57. The number of pyridine rings is 1. The molecule has 0 unspecified atom stereocenters. The number of amides is 1. The molecule has 1 aliphatic carbocycles. The Balaban J connectivity index is 0.00000380. The molecule has 4 rings (SSSR count). The van der Waals surface area contributed by atoms with E-state index in [1.807, 2.05) is 0 Å². The van der Waals surface area contributed by atoms with E-state index in [1.54, 1.807) is 23.4 Å². The van der Waals surface area contributed by atoms with Gasteiger partial charge in [0.25, 0.3) is 0 Å². The van der Waals surface area contributed by atoms with Crippen LogP contribution in [0.25, 0.3) is 10.9 Å². The zero-order chi connectivity index (χ0) is 26.1. The molecule has 0 bridgehead atoms. The van der Waals surface area contributed by atoms with Crippen LogP contribution < -0.4 is 25.7 Å². The van der Waals surface area contributed by atoms with Gasteiger partial charge in [-0.2, -0.15) is 0 Å². The molecular formula is C25H31ClF2N4O5. The molecule has 1 amide bonds. The van der Waals surface area contributed by atoms with E-state index < -0.39 is 34.6 Å². The number of methoxy groups -OCH3 is 1. The van der Waals surface area contributed by atoms with Gasteiger partial charge in [-0.1, -0.05) is 0 Å². The molecule has 1 aromatic carbocycles. The number of carbonyl (C=O) groups excluding carboxylic acids is 1. The average molecular weight is 541 g/mol. The number of carboxylic acid groups (broad SMARTS) is 1. The quantitative estimate of drug-likeness (QED) is 0.471. The van der Waals surface area contributed by atoms with Crippen molar-refractivity contribution >= 4 is 40.9 Å². The number of rotatable bonds is 8. The van der Waals surface area contributed by atoms with E-state index in [0.717, 1.165) is 18.9 Å². The molecule has 1 saturated carbocycles. The van der Waals surface area contributed by atoms with E-state index >= 15 is 4.39 Å². The van der Waals surface area contributed by atoms with Crippen LogP contribution in [0.4, 0.5) is 14.5 Å². The summed E-state index contributed by atoms with van der Waals surface area (Å²) in [5, 5.41) is 14.8. The molecule has 0 spiro atoms. The monoisotopic (exact) mass is 540 g/mol. The first-order valence-corrected chi connectivity index (χ1v) is 11.9. The van der Waals surface area contributed by atoms with Crippen LogP contribution in [0.15, 0.2) is 28.5 Å². The maximum absolute atomic E-state index is 15.5. The van der Waals surface area contributed by atoms with Gasteiger partial charge >= 0.3 is 5.97 Å². The maximum atomic E-state index is 15.5. The Kier molecular flexibility index (Phi) is 8.80. The van der Waals surface area contributed by atoms with Crippen molar-refractivity contribution in [3.8, 4) is 5.75 Å². The summed E-state index contributed by atoms with van der Waals surface area (Å²) in [5.74, 6) is -2.82. The lowest BCUT2D eigenvalue weighted by Gasteiger charge is -2.33. The molecule has 2 fully saturated rings. The van der Waals surface area contributed by atoms with Gasteiger partial charge in [-0.3, -0.25) is 9.59 Å². The van der Waals surface area contributed by atoms with Gasteiger partial charge in [0, 0.05) is 25.3 Å². The van der Waals surface area contributed by atoms with Crippen molar-refractivity contribution < 1.29 is 28.2 Å². The number of anilines is 1. The number of halogens is 3. The third-order valence-electron chi connectivity index (χ3n) is 6.81. The molecule has 2 heterocycles. The highest BCUT2D eigenvalue weighted by atomic mass is 35.5. The lowest BCUT2D eigenvalue weighted by molar-refractivity contribution is -0.122. The number of nitrogens with zero attached hydrogens (tertiary/aromatic N) is 2. The van der Waals surface area contributed by atoms with Crippen LogP contribution in [0.3, 0.4) is 0 Å². The van der Waals surface area contributed by atoms with E-state index in [-0.39, 0.29) is 54.3 Å². The Hall–Kier alpha value is -3.18. The van der Waals surface area contributed by atoms with Crippen LogP contribution in [0.5, 0.6) is 5.75 Å². The summed E-state index contributed by atoms with van der Waals surface area (Å²) in [5.41, 5.74) is -0.338. The number of carbonyl (C=O) groups is 2. The van der Waals surface area contributed by atoms with Crippen LogP contribution in [-0.2, 0) is 4.79 Å². The molecule has 1 aliphatic heterocycles. The number of benzene rings is 1. The van der Waals surface area contributed by atoms with Crippen molar-refractivity contribution in [2.24, 2.45) is 0 Å². The zero-order valence-corrected chi connectivity index (χ0v) is 21.7. The van der Waals surface area contributed by atoms with Crippen LogP contribution >= 0.6 is 12.4 Å². The van der Waals surface area contributed by atoms with Crippen molar-refractivity contribution in [3.05, 3.63) is 45.3 Å². The van der Waals surface area contributed by atoms with E-state index in [2.05, 4.69) is 10.6 Å². The Morgan fingerprint density at radius 1 is 1.32 bits per heavy atom. The molecule has 3 N–H and O–H groups in total. The van der Waals surface area contributed by atoms with Gasteiger partial charge in [-0.15, -0.1) is 12.4 Å². The number of hydrogen-bond donors (Lipinski definition) is 3. The number of nitrogens with one attached hydrogen (secondary N) is 2. The van der Waals surface area contributed by atoms with Gasteiger partial charge in [0.05, 0.1) is 30.6 Å². The number of fused-ring (bicyclic) bond motifs is 1. The van der Waals surface area contributed by atoms with Crippen molar-refractivity contribution in [2.45, 2.75) is 44.7 Å². The van der Waals surface area contributed by atoms with Crippen molar-refractivity contribution in [2.75, 3.05) is 38.7 Å². The Bertz CT molecular complexity index is 1310. The zero-order valence-electron chi connectivity index (χ0n) is 20.9. The van der Waals surface area contributed by atoms with Crippen molar-refractivity contribution in [1.82, 2.24) is 15.2 Å². The van der Waals surface area contributed by atoms with E-state index in [0.29, 0.717) is 30.5 Å². The number of aromatic carboxylic acids is 1. The van der Waals surface area contributed by atoms with Gasteiger partial charge in [0.15, 0.2) is 11.6 Å². The van der Waals surface area contributed by atoms with Crippen molar-refractivity contribution in [3.63, 3.8) is 0 Å². The second-order valence-corrected chi connectivity index (χ2v) is 9.21. The first kappa shape index (κ1) is 28.4. The van der Waals surface area contributed by atoms with E-state index in [9.17, 15) is 23.9 Å². The number of carboxylic acids is 1. The predicted octanol–water partition coefficient (Wildman–Crippen LogP) is 3.15. The molecular weight excluding hydrogens is 510 g/mol. The number of piperidine rings is 1. The molecule has 37 heavy (non-hydrogen) atoms. The van der Waals surface area contributed by atoms with Crippen LogP contribution in [0, 0.1) is 5.82 Å². The first-order chi connectivity index (χ1) is 17.2. The fourth-order valence-corrected chi connectivity index (χ4v) is 4.58. The van der Waals surface area contributed by atoms with E-state index in [4.69, 9.17) is 4.74 Å². The van der Waals surface area contributed by atoms with Crippen molar-refractivity contribution in [1.29, 1.82) is 0 Å². The molecule has 12 heteroatoms. The second-order valence-electron chi connectivity index (χ2n) is 9.21. The highest BCUT2D eigenvalue weighted by Crippen LogP contribution is 2.44. The van der Waals surface area contributed by atoms with E-state index in [1.165, 1.54) is 13.3 Å². The van der Waals surface area contributed by atoms with Gasteiger partial charge < -0.3 is 29.9 Å².